The molecule has 2 aromatic carbocycles. The van der Waals surface area contributed by atoms with E-state index in [1.807, 2.05) is 30.3 Å². The molecule has 0 fully saturated rings. The van der Waals surface area contributed by atoms with Crippen molar-refractivity contribution < 1.29 is 23.9 Å². The number of carbonyl (C=O) groups is 4. The minimum atomic E-state index is -0.914. The van der Waals surface area contributed by atoms with Crippen LogP contribution in [0.25, 0.3) is 6.08 Å². The van der Waals surface area contributed by atoms with Gasteiger partial charge in [-0.25, -0.2) is 4.79 Å². The number of carbonyl (C=O) groups excluding carboxylic acids is 4. The van der Waals surface area contributed by atoms with Crippen LogP contribution in [0.15, 0.2) is 60.7 Å². The molecular weight excluding hydrogens is 386 g/mol. The smallest absolute Gasteiger partial charge is 0.328 e. The number of hydrogen-bond donors (Lipinski definition) is 3. The first-order chi connectivity index (χ1) is 14.3. The molecule has 0 aromatic heterocycles. The van der Waals surface area contributed by atoms with Crippen molar-refractivity contribution in [3.05, 3.63) is 66.2 Å². The molecule has 0 heterocycles. The molecule has 0 aliphatic rings. The molecule has 2 aromatic rings. The molecule has 156 valence electrons. The zero-order valence-corrected chi connectivity index (χ0v) is 16.7. The summed E-state index contributed by atoms with van der Waals surface area (Å²) in [4.78, 5) is 46.8. The Balaban J connectivity index is 1.74. The van der Waals surface area contributed by atoms with Gasteiger partial charge in [-0.05, 0) is 42.8 Å². The number of benzene rings is 2. The van der Waals surface area contributed by atoms with Crippen molar-refractivity contribution in [2.75, 3.05) is 17.2 Å². The van der Waals surface area contributed by atoms with Gasteiger partial charge in [0.2, 0.25) is 11.8 Å². The first kappa shape index (κ1) is 22.4. The number of nitrogens with one attached hydrogen (secondary N) is 3. The molecule has 0 saturated heterocycles. The molecule has 1 atom stereocenters. The van der Waals surface area contributed by atoms with Gasteiger partial charge in [-0.15, -0.1) is 0 Å². The second-order valence-corrected chi connectivity index (χ2v) is 6.39. The fraction of sp³-hybridized carbons (Fsp3) is 0.182. The molecule has 8 heteroatoms. The van der Waals surface area contributed by atoms with Crippen molar-refractivity contribution in [3.8, 4) is 0 Å². The minimum Gasteiger partial charge on any atom is -0.454 e. The fourth-order valence-electron chi connectivity index (χ4n) is 2.36. The third-order valence-electron chi connectivity index (χ3n) is 3.77. The predicted octanol–water partition coefficient (Wildman–Crippen LogP) is 2.34. The first-order valence-electron chi connectivity index (χ1n) is 9.21. The van der Waals surface area contributed by atoms with Gasteiger partial charge in [0, 0.05) is 24.4 Å². The summed E-state index contributed by atoms with van der Waals surface area (Å²) in [6, 6.07) is 14.8. The Bertz CT molecular complexity index is 924. The molecule has 0 aliphatic heterocycles. The van der Waals surface area contributed by atoms with Gasteiger partial charge in [0.15, 0.2) is 6.61 Å². The van der Waals surface area contributed by atoms with Crippen molar-refractivity contribution in [2.45, 2.75) is 19.9 Å². The van der Waals surface area contributed by atoms with E-state index in [1.165, 1.54) is 19.9 Å². The van der Waals surface area contributed by atoms with Crippen LogP contribution in [0.5, 0.6) is 0 Å². The number of anilines is 2. The van der Waals surface area contributed by atoms with Gasteiger partial charge in [-0.2, -0.15) is 0 Å². The minimum absolute atomic E-state index is 0.199. The molecule has 0 radical (unpaired) electrons. The van der Waals surface area contributed by atoms with E-state index in [0.29, 0.717) is 11.4 Å². The van der Waals surface area contributed by atoms with Crippen molar-refractivity contribution in [1.82, 2.24) is 5.32 Å². The van der Waals surface area contributed by atoms with Crippen LogP contribution in [-0.4, -0.2) is 36.3 Å². The Morgan fingerprint density at radius 3 is 2.13 bits per heavy atom. The van der Waals surface area contributed by atoms with Crippen LogP contribution < -0.4 is 16.0 Å². The maximum absolute atomic E-state index is 12.0. The lowest BCUT2D eigenvalue weighted by Gasteiger charge is -2.12. The Labute approximate surface area is 174 Å². The highest BCUT2D eigenvalue weighted by Crippen LogP contribution is 2.13. The van der Waals surface area contributed by atoms with Crippen molar-refractivity contribution in [2.24, 2.45) is 0 Å². The lowest BCUT2D eigenvalue weighted by molar-refractivity contribution is -0.149. The summed E-state index contributed by atoms with van der Waals surface area (Å²) >= 11 is 0. The lowest BCUT2D eigenvalue weighted by atomic mass is 10.2. The highest BCUT2D eigenvalue weighted by Gasteiger charge is 2.17. The predicted molar refractivity (Wildman–Crippen MR) is 113 cm³/mol. The zero-order valence-electron chi connectivity index (χ0n) is 16.7. The van der Waals surface area contributed by atoms with Crippen LogP contribution in [0.1, 0.15) is 19.4 Å². The average molecular weight is 409 g/mol. The Kier molecular flexibility index (Phi) is 8.31. The van der Waals surface area contributed by atoms with Gasteiger partial charge in [0.05, 0.1) is 0 Å². The summed E-state index contributed by atoms with van der Waals surface area (Å²) in [6.45, 7) is 2.37. The van der Waals surface area contributed by atoms with Gasteiger partial charge in [-0.3, -0.25) is 14.4 Å². The van der Waals surface area contributed by atoms with Crippen LogP contribution in [0.3, 0.4) is 0 Å². The van der Waals surface area contributed by atoms with E-state index in [9.17, 15) is 19.2 Å². The summed E-state index contributed by atoms with van der Waals surface area (Å²) in [7, 11) is 0. The van der Waals surface area contributed by atoms with E-state index in [4.69, 9.17) is 4.74 Å². The summed E-state index contributed by atoms with van der Waals surface area (Å²) < 4.78 is 4.93. The van der Waals surface area contributed by atoms with E-state index in [1.54, 1.807) is 30.3 Å². The summed E-state index contributed by atoms with van der Waals surface area (Å²) in [6.07, 6.45) is 2.94. The molecule has 0 aliphatic carbocycles. The van der Waals surface area contributed by atoms with Gasteiger partial charge < -0.3 is 20.7 Å². The summed E-state index contributed by atoms with van der Waals surface area (Å²) in [5.74, 6) is -1.91. The molecule has 0 spiro atoms. The molecule has 3 N–H and O–H groups in total. The molecule has 2 rings (SSSR count). The fourth-order valence-corrected chi connectivity index (χ4v) is 2.36. The van der Waals surface area contributed by atoms with E-state index < -0.39 is 30.4 Å². The number of ether oxygens (including phenoxy) is 1. The standard InChI is InChI=1S/C22H23N3O5/c1-15(23-20(27)13-8-17-6-4-3-5-7-17)22(29)30-14-21(28)25-19-11-9-18(10-12-19)24-16(2)26/h3-13,15H,14H2,1-2H3,(H,23,27)(H,24,26)(H,25,28)/b13-8+/t15-/m0/s1. The van der Waals surface area contributed by atoms with E-state index >= 15 is 0 Å². The molecule has 0 bridgehead atoms. The van der Waals surface area contributed by atoms with Gasteiger partial charge >= 0.3 is 5.97 Å². The van der Waals surface area contributed by atoms with Crippen LogP contribution in [0.4, 0.5) is 11.4 Å². The van der Waals surface area contributed by atoms with Crippen molar-refractivity contribution in [1.29, 1.82) is 0 Å². The van der Waals surface area contributed by atoms with E-state index in [2.05, 4.69) is 16.0 Å². The SMILES string of the molecule is CC(=O)Nc1ccc(NC(=O)COC(=O)[C@H](C)NC(=O)/C=C/c2ccccc2)cc1. The topological polar surface area (TPSA) is 114 Å². The number of hydrogen-bond acceptors (Lipinski definition) is 5. The number of rotatable bonds is 8. The third-order valence-corrected chi connectivity index (χ3v) is 3.77. The Hall–Kier alpha value is -3.94. The molecular formula is C22H23N3O5. The number of esters is 1. The quantitative estimate of drug-likeness (QED) is 0.457. The molecule has 8 nitrogen and oxygen atoms in total. The normalized spacial score (nSPS) is 11.4. The monoisotopic (exact) mass is 409 g/mol. The van der Waals surface area contributed by atoms with Gasteiger partial charge in [-0.1, -0.05) is 30.3 Å². The summed E-state index contributed by atoms with van der Waals surface area (Å²) in [5.41, 5.74) is 1.93. The zero-order chi connectivity index (χ0) is 21.9. The molecule has 30 heavy (non-hydrogen) atoms. The Morgan fingerprint density at radius 1 is 0.933 bits per heavy atom. The molecule has 3 amide bonds. The first-order valence-corrected chi connectivity index (χ1v) is 9.21. The molecule has 0 unspecified atom stereocenters. The molecule has 0 saturated carbocycles. The van der Waals surface area contributed by atoms with Gasteiger partial charge in [0.1, 0.15) is 6.04 Å². The largest absolute Gasteiger partial charge is 0.454 e. The maximum Gasteiger partial charge on any atom is 0.328 e. The number of amides is 3. The highest BCUT2D eigenvalue weighted by atomic mass is 16.5. The van der Waals surface area contributed by atoms with Crippen LogP contribution in [0, 0.1) is 0 Å². The van der Waals surface area contributed by atoms with E-state index in [-0.39, 0.29) is 5.91 Å². The summed E-state index contributed by atoms with van der Waals surface area (Å²) in [5, 5.41) is 7.66. The lowest BCUT2D eigenvalue weighted by Crippen LogP contribution is -2.39. The maximum atomic E-state index is 12.0. The second kappa shape index (κ2) is 11.2. The average Bonchev–Trinajstić information content (AvgIpc) is 2.72. The highest BCUT2D eigenvalue weighted by molar-refractivity contribution is 5.96. The van der Waals surface area contributed by atoms with Crippen LogP contribution >= 0.6 is 0 Å². The third kappa shape index (κ3) is 7.97. The Morgan fingerprint density at radius 2 is 1.53 bits per heavy atom. The van der Waals surface area contributed by atoms with Crippen LogP contribution in [0.2, 0.25) is 0 Å². The second-order valence-electron chi connectivity index (χ2n) is 6.39. The van der Waals surface area contributed by atoms with Crippen molar-refractivity contribution in [3.63, 3.8) is 0 Å². The van der Waals surface area contributed by atoms with Crippen LogP contribution in [-0.2, 0) is 23.9 Å². The van der Waals surface area contributed by atoms with E-state index in [0.717, 1.165) is 5.56 Å². The van der Waals surface area contributed by atoms with Gasteiger partial charge in [0.25, 0.3) is 5.91 Å². The van der Waals surface area contributed by atoms with Crippen molar-refractivity contribution >= 4 is 41.1 Å².